The molecule has 11 heteroatoms. The van der Waals surface area contributed by atoms with Gasteiger partial charge in [-0.25, -0.2) is 8.78 Å². The van der Waals surface area contributed by atoms with Crippen molar-refractivity contribution < 1.29 is 23.5 Å². The molecule has 2 aromatic rings. The highest BCUT2D eigenvalue weighted by atomic mass is 19.3. The van der Waals surface area contributed by atoms with Crippen molar-refractivity contribution in [2.24, 2.45) is 17.8 Å². The zero-order valence-corrected chi connectivity index (χ0v) is 20.6. The maximum Gasteiger partial charge on any atom is 0.291 e. The van der Waals surface area contributed by atoms with Gasteiger partial charge in [0.2, 0.25) is 11.8 Å². The first-order valence-corrected chi connectivity index (χ1v) is 12.5. The van der Waals surface area contributed by atoms with Crippen LogP contribution in [0, 0.1) is 24.7 Å². The molecule has 2 amide bonds. The van der Waals surface area contributed by atoms with E-state index in [-0.39, 0.29) is 42.2 Å². The van der Waals surface area contributed by atoms with Gasteiger partial charge in [-0.15, -0.1) is 0 Å². The zero-order valence-electron chi connectivity index (χ0n) is 20.6. The summed E-state index contributed by atoms with van der Waals surface area (Å²) in [6.07, 6.45) is 5.30. The number of piperidine rings is 1. The normalized spacial score (nSPS) is 23.2. The van der Waals surface area contributed by atoms with E-state index < -0.39 is 35.1 Å². The summed E-state index contributed by atoms with van der Waals surface area (Å²) in [5, 5.41) is 18.1. The van der Waals surface area contributed by atoms with Gasteiger partial charge in [-0.3, -0.25) is 19.0 Å². The Bertz CT molecular complexity index is 1310. The van der Waals surface area contributed by atoms with Crippen LogP contribution in [-0.4, -0.2) is 61.1 Å². The number of hydrogen-bond acceptors (Lipinski definition) is 5. The first-order valence-electron chi connectivity index (χ1n) is 12.5. The number of nitrogens with zero attached hydrogens (tertiary/aromatic N) is 4. The van der Waals surface area contributed by atoms with Crippen molar-refractivity contribution in [3.05, 3.63) is 33.3 Å². The summed E-state index contributed by atoms with van der Waals surface area (Å²) in [4.78, 5) is 40.3. The second-order valence-corrected chi connectivity index (χ2v) is 10.7. The highest BCUT2D eigenvalue weighted by molar-refractivity contribution is 5.97. The molecule has 1 saturated heterocycles. The van der Waals surface area contributed by atoms with Gasteiger partial charge in [0.15, 0.2) is 5.56 Å². The molecule has 2 unspecified atom stereocenters. The molecule has 0 spiro atoms. The van der Waals surface area contributed by atoms with Gasteiger partial charge >= 0.3 is 0 Å². The smallest absolute Gasteiger partial charge is 0.291 e. The van der Waals surface area contributed by atoms with E-state index in [2.05, 4.69) is 10.4 Å². The molecule has 3 heterocycles. The van der Waals surface area contributed by atoms with Gasteiger partial charge in [-0.2, -0.15) is 9.61 Å². The fourth-order valence-electron chi connectivity index (χ4n) is 5.38. The Morgan fingerprint density at radius 2 is 1.83 bits per heavy atom. The number of carbonyl (C=O) groups is 2. The van der Waals surface area contributed by atoms with Crippen molar-refractivity contribution in [3.63, 3.8) is 0 Å². The van der Waals surface area contributed by atoms with Crippen molar-refractivity contribution in [2.75, 3.05) is 13.1 Å². The van der Waals surface area contributed by atoms with Gasteiger partial charge < -0.3 is 15.3 Å². The lowest BCUT2D eigenvalue weighted by Crippen LogP contribution is -2.50. The summed E-state index contributed by atoms with van der Waals surface area (Å²) < 4.78 is 31.1. The first kappa shape index (κ1) is 24.5. The van der Waals surface area contributed by atoms with E-state index in [0.29, 0.717) is 30.6 Å². The minimum Gasteiger partial charge on any atom is -0.494 e. The van der Waals surface area contributed by atoms with Gasteiger partial charge in [-0.05, 0) is 44.6 Å². The summed E-state index contributed by atoms with van der Waals surface area (Å²) in [7, 11) is 0. The van der Waals surface area contributed by atoms with E-state index >= 15 is 0 Å². The molecule has 2 aliphatic carbocycles. The minimum absolute atomic E-state index is 0.000570. The van der Waals surface area contributed by atoms with Crippen LogP contribution in [-0.2, 0) is 11.3 Å². The van der Waals surface area contributed by atoms with Crippen LogP contribution in [0.2, 0.25) is 0 Å². The van der Waals surface area contributed by atoms with Gasteiger partial charge in [-0.1, -0.05) is 13.8 Å². The first-order chi connectivity index (χ1) is 17.0. The molecule has 3 fully saturated rings. The maximum absolute atomic E-state index is 14.3. The van der Waals surface area contributed by atoms with Crippen molar-refractivity contribution >= 4 is 23.5 Å². The van der Waals surface area contributed by atoms with Crippen LogP contribution in [0.3, 0.4) is 0 Å². The van der Waals surface area contributed by atoms with Gasteiger partial charge in [0, 0.05) is 49.2 Å². The van der Waals surface area contributed by atoms with Crippen molar-refractivity contribution in [1.29, 1.82) is 0 Å². The summed E-state index contributed by atoms with van der Waals surface area (Å²) in [5.41, 5.74) is 0.0216. The maximum atomic E-state index is 14.3. The average molecular weight is 504 g/mol. The monoisotopic (exact) mass is 503 g/mol. The molecule has 2 bridgehead atoms. The summed E-state index contributed by atoms with van der Waals surface area (Å²) in [5.74, 6) is -5.79. The van der Waals surface area contributed by atoms with Crippen LogP contribution < -0.4 is 10.9 Å². The molecule has 0 aromatic carbocycles. The molecule has 1 aliphatic heterocycles. The molecule has 2 saturated carbocycles. The van der Waals surface area contributed by atoms with Gasteiger partial charge in [0.1, 0.15) is 5.65 Å². The summed E-state index contributed by atoms with van der Waals surface area (Å²) >= 11 is 0. The fraction of sp³-hybridized carbons (Fsp3) is 0.600. The Morgan fingerprint density at radius 3 is 2.42 bits per heavy atom. The topological polar surface area (TPSA) is 109 Å². The number of fused-ring (bicyclic) bond motifs is 3. The predicted octanol–water partition coefficient (Wildman–Crippen LogP) is 2.58. The number of amides is 2. The van der Waals surface area contributed by atoms with Crippen LogP contribution in [0.1, 0.15) is 61.1 Å². The Morgan fingerprint density at radius 1 is 1.19 bits per heavy atom. The third-order valence-corrected chi connectivity index (χ3v) is 7.45. The lowest BCUT2D eigenvalue weighted by Gasteiger charge is -2.37. The molecule has 9 nitrogen and oxygen atoms in total. The zero-order chi connectivity index (χ0) is 25.9. The molecule has 194 valence electrons. The average Bonchev–Trinajstić information content (AvgIpc) is 3.54. The van der Waals surface area contributed by atoms with E-state index in [4.69, 9.17) is 0 Å². The molecular formula is C25H31F2N5O4. The van der Waals surface area contributed by atoms with Crippen LogP contribution in [0.5, 0.6) is 5.88 Å². The third kappa shape index (κ3) is 4.08. The molecule has 2 N–H and O–H groups in total. The molecule has 2 aromatic heterocycles. The van der Waals surface area contributed by atoms with E-state index in [9.17, 15) is 28.3 Å². The number of halogens is 2. The second kappa shape index (κ2) is 8.70. The number of aryl methyl sites for hydroxylation is 1. The van der Waals surface area contributed by atoms with Crippen LogP contribution >= 0.6 is 0 Å². The quantitative estimate of drug-likeness (QED) is 0.589. The SMILES string of the molecule is Cc1nn2c(=O)c(C(=O)NC3CC3)c(O)n(CC(C)C)c2c1C=CC(=O)N1CC2CCC(C1)C2(F)F. The number of likely N-dealkylation sites (tertiary alicyclic amines) is 1. The van der Waals surface area contributed by atoms with E-state index in [0.717, 1.165) is 17.4 Å². The molecule has 36 heavy (non-hydrogen) atoms. The molecule has 3 aliphatic rings. The predicted molar refractivity (Wildman–Crippen MR) is 128 cm³/mol. The van der Waals surface area contributed by atoms with Gasteiger partial charge in [0.05, 0.1) is 5.69 Å². The Labute approximate surface area is 206 Å². The van der Waals surface area contributed by atoms with Crippen LogP contribution in [0.15, 0.2) is 10.9 Å². The van der Waals surface area contributed by atoms with Crippen LogP contribution in [0.4, 0.5) is 8.78 Å². The molecule has 5 rings (SSSR count). The largest absolute Gasteiger partial charge is 0.494 e. The van der Waals surface area contributed by atoms with E-state index in [1.165, 1.54) is 21.6 Å². The van der Waals surface area contributed by atoms with Crippen molar-refractivity contribution in [1.82, 2.24) is 24.4 Å². The van der Waals surface area contributed by atoms with Crippen LogP contribution in [0.25, 0.3) is 11.7 Å². The second-order valence-electron chi connectivity index (χ2n) is 10.7. The Kier molecular flexibility index (Phi) is 5.91. The van der Waals surface area contributed by atoms with E-state index in [1.807, 2.05) is 13.8 Å². The van der Waals surface area contributed by atoms with Crippen molar-refractivity contribution in [3.8, 4) is 5.88 Å². The highest BCUT2D eigenvalue weighted by Crippen LogP contribution is 2.48. The number of hydrogen-bond donors (Lipinski definition) is 2. The van der Waals surface area contributed by atoms with E-state index in [1.54, 1.807) is 6.92 Å². The highest BCUT2D eigenvalue weighted by Gasteiger charge is 2.56. The van der Waals surface area contributed by atoms with Gasteiger partial charge in [0.25, 0.3) is 17.4 Å². The van der Waals surface area contributed by atoms with Crippen molar-refractivity contribution in [2.45, 2.75) is 65.0 Å². The number of alkyl halides is 2. The Hall–Kier alpha value is -3.24. The lowest BCUT2D eigenvalue weighted by molar-refractivity contribution is -0.144. The number of carbonyl (C=O) groups excluding carboxylic acids is 2. The Balaban J connectivity index is 1.52. The number of aromatic hydroxyl groups is 1. The molecular weight excluding hydrogens is 472 g/mol. The minimum atomic E-state index is -2.73. The summed E-state index contributed by atoms with van der Waals surface area (Å²) in [6, 6.07) is -0.000570. The summed E-state index contributed by atoms with van der Waals surface area (Å²) in [6.45, 7) is 5.85. The lowest BCUT2D eigenvalue weighted by atomic mass is 9.94. The number of aromatic nitrogens is 3. The number of nitrogens with one attached hydrogen (secondary N) is 1. The standard InChI is InChI=1S/C25H31F2N5O4/c1-13(2)10-31-22-18(8-9-19(33)30-11-15-4-5-16(12-30)25(15,26)27)14(3)29-32(22)24(36)20(23(31)35)21(34)28-17-6-7-17/h8-9,13,15-17,35H,4-7,10-12H2,1-3H3,(H,28,34). The molecule has 0 radical (unpaired) electrons. The number of rotatable bonds is 6. The fourth-order valence-corrected chi connectivity index (χ4v) is 5.38. The molecule has 2 atom stereocenters. The third-order valence-electron chi connectivity index (χ3n) is 7.45.